The van der Waals surface area contributed by atoms with E-state index in [9.17, 15) is 0 Å². The van der Waals surface area contributed by atoms with E-state index in [0.29, 0.717) is 0 Å². The maximum atomic E-state index is 3.89. The molecule has 0 saturated carbocycles. The molecule has 1 N–H and O–H groups in total. The first-order valence-corrected chi connectivity index (χ1v) is 14.6. The third kappa shape index (κ3) is 3.36. The summed E-state index contributed by atoms with van der Waals surface area (Å²) in [5, 5.41) is 6.41. The van der Waals surface area contributed by atoms with E-state index in [-0.39, 0.29) is 10.8 Å². The Bertz CT molecular complexity index is 2020. The number of rotatable bonds is 3. The number of hydrogen-bond donors (Lipinski definition) is 1. The molecular formula is C40H33N. The molecule has 8 rings (SSSR count). The van der Waals surface area contributed by atoms with Crippen LogP contribution in [0.1, 0.15) is 49.9 Å². The second kappa shape index (κ2) is 8.44. The van der Waals surface area contributed by atoms with Crippen molar-refractivity contribution in [3.05, 3.63) is 144 Å². The van der Waals surface area contributed by atoms with E-state index < -0.39 is 0 Å². The molecule has 0 aromatic heterocycles. The molecule has 41 heavy (non-hydrogen) atoms. The third-order valence-corrected chi connectivity index (χ3v) is 9.64. The zero-order chi connectivity index (χ0) is 27.9. The van der Waals surface area contributed by atoms with E-state index in [0.717, 1.165) is 11.4 Å². The van der Waals surface area contributed by atoms with Gasteiger partial charge in [0.05, 0.1) is 0 Å². The molecule has 0 radical (unpaired) electrons. The minimum atomic E-state index is -0.0976. The molecule has 2 aliphatic carbocycles. The Balaban J connectivity index is 1.33. The molecule has 6 aromatic carbocycles. The van der Waals surface area contributed by atoms with Gasteiger partial charge in [-0.25, -0.2) is 0 Å². The van der Waals surface area contributed by atoms with Gasteiger partial charge in [0.25, 0.3) is 0 Å². The summed E-state index contributed by atoms with van der Waals surface area (Å²) in [6, 6.07) is 44.8. The fourth-order valence-electron chi connectivity index (χ4n) is 7.68. The summed E-state index contributed by atoms with van der Waals surface area (Å²) in [7, 11) is 0. The normalized spacial score (nSPS) is 15.2. The van der Waals surface area contributed by atoms with Crippen LogP contribution in [0.25, 0.3) is 44.2 Å². The number of fused-ring (bicyclic) bond motifs is 7. The van der Waals surface area contributed by atoms with Crippen LogP contribution in [0, 0.1) is 0 Å². The van der Waals surface area contributed by atoms with Gasteiger partial charge in [0.15, 0.2) is 0 Å². The van der Waals surface area contributed by atoms with E-state index in [1.54, 1.807) is 0 Å². The average molecular weight is 528 g/mol. The summed E-state index contributed by atoms with van der Waals surface area (Å²) in [5.74, 6) is 0. The van der Waals surface area contributed by atoms with E-state index in [1.807, 2.05) is 0 Å². The zero-order valence-electron chi connectivity index (χ0n) is 24.0. The number of benzene rings is 6. The number of nitrogens with one attached hydrogen (secondary N) is 1. The topological polar surface area (TPSA) is 12.0 Å². The predicted molar refractivity (Wildman–Crippen MR) is 174 cm³/mol. The lowest BCUT2D eigenvalue weighted by Crippen LogP contribution is -2.16. The lowest BCUT2D eigenvalue weighted by Gasteiger charge is -2.26. The second-order valence-electron chi connectivity index (χ2n) is 12.7. The van der Waals surface area contributed by atoms with Crippen LogP contribution in [0.15, 0.2) is 121 Å². The Morgan fingerprint density at radius 1 is 0.463 bits per heavy atom. The Labute approximate surface area is 242 Å². The molecule has 0 amide bonds. The molecular weight excluding hydrogens is 494 g/mol. The van der Waals surface area contributed by atoms with Gasteiger partial charge in [-0.3, -0.25) is 0 Å². The van der Waals surface area contributed by atoms with Gasteiger partial charge in [-0.05, 0) is 79.0 Å². The molecule has 0 heterocycles. The molecule has 0 atom stereocenters. The number of anilines is 2. The highest BCUT2D eigenvalue weighted by atomic mass is 14.9. The minimum absolute atomic E-state index is 0.00372. The summed E-state index contributed by atoms with van der Waals surface area (Å²) in [6.07, 6.45) is 0. The quantitative estimate of drug-likeness (QED) is 0.241. The van der Waals surface area contributed by atoms with Crippen LogP contribution >= 0.6 is 0 Å². The SMILES string of the molecule is CC1(C)c2ccccc2-c2cc(Nc3ccc4ccccc4c3-c3cccc4c3C(C)(C)c3ccccc3-4)ccc21. The standard InChI is InChI=1S/C40H33N/c1-39(2)33-18-9-8-15-29(33)32-24-26(21-22-35(32)39)41-36-23-20-25-12-5-6-13-27(25)37(36)31-17-11-16-30-28-14-7-10-19-34(28)40(3,4)38(30)31/h5-24,41H,1-4H3. The van der Waals surface area contributed by atoms with Gasteiger partial charge in [0.2, 0.25) is 0 Å². The van der Waals surface area contributed by atoms with Crippen molar-refractivity contribution in [1.29, 1.82) is 0 Å². The second-order valence-corrected chi connectivity index (χ2v) is 12.7. The van der Waals surface area contributed by atoms with E-state index in [4.69, 9.17) is 0 Å². The van der Waals surface area contributed by atoms with Crippen LogP contribution in [-0.4, -0.2) is 0 Å². The predicted octanol–water partition coefficient (Wildman–Crippen LogP) is 10.9. The van der Waals surface area contributed by atoms with Crippen molar-refractivity contribution < 1.29 is 0 Å². The Morgan fingerprint density at radius 2 is 1.07 bits per heavy atom. The molecule has 6 aromatic rings. The highest BCUT2D eigenvalue weighted by Crippen LogP contribution is 2.54. The van der Waals surface area contributed by atoms with Gasteiger partial charge in [0, 0.05) is 27.8 Å². The molecule has 2 aliphatic rings. The molecule has 0 saturated heterocycles. The first-order valence-electron chi connectivity index (χ1n) is 14.6. The van der Waals surface area contributed by atoms with Crippen LogP contribution < -0.4 is 5.32 Å². The monoisotopic (exact) mass is 527 g/mol. The van der Waals surface area contributed by atoms with Crippen LogP contribution in [0.3, 0.4) is 0 Å². The van der Waals surface area contributed by atoms with Gasteiger partial charge < -0.3 is 5.32 Å². The summed E-state index contributed by atoms with van der Waals surface area (Å²) >= 11 is 0. The largest absolute Gasteiger partial charge is 0.355 e. The summed E-state index contributed by atoms with van der Waals surface area (Å²) in [5.41, 5.74) is 15.7. The first kappa shape index (κ1) is 24.2. The molecule has 0 fully saturated rings. The number of hydrogen-bond acceptors (Lipinski definition) is 1. The van der Waals surface area contributed by atoms with Crippen LogP contribution in [0.4, 0.5) is 11.4 Å². The smallest absolute Gasteiger partial charge is 0.0470 e. The minimum Gasteiger partial charge on any atom is -0.355 e. The summed E-state index contributed by atoms with van der Waals surface area (Å²) in [4.78, 5) is 0. The molecule has 1 heteroatoms. The molecule has 0 bridgehead atoms. The Morgan fingerprint density at radius 3 is 1.88 bits per heavy atom. The summed E-state index contributed by atoms with van der Waals surface area (Å²) < 4.78 is 0. The van der Waals surface area contributed by atoms with Gasteiger partial charge in [0.1, 0.15) is 0 Å². The maximum absolute atomic E-state index is 3.89. The van der Waals surface area contributed by atoms with Crippen molar-refractivity contribution in [1.82, 2.24) is 0 Å². The van der Waals surface area contributed by atoms with E-state index >= 15 is 0 Å². The lowest BCUT2D eigenvalue weighted by molar-refractivity contribution is 0.660. The van der Waals surface area contributed by atoms with Crippen molar-refractivity contribution >= 4 is 22.1 Å². The molecule has 0 aliphatic heterocycles. The van der Waals surface area contributed by atoms with Gasteiger partial charge >= 0.3 is 0 Å². The third-order valence-electron chi connectivity index (χ3n) is 9.64. The average Bonchev–Trinajstić information content (AvgIpc) is 3.37. The molecule has 198 valence electrons. The van der Waals surface area contributed by atoms with E-state index in [1.165, 1.54) is 66.4 Å². The lowest BCUT2D eigenvalue weighted by atomic mass is 9.78. The highest BCUT2D eigenvalue weighted by Gasteiger charge is 2.38. The highest BCUT2D eigenvalue weighted by molar-refractivity contribution is 6.06. The molecule has 1 nitrogen and oxygen atoms in total. The van der Waals surface area contributed by atoms with Crippen LogP contribution in [-0.2, 0) is 10.8 Å². The van der Waals surface area contributed by atoms with Crippen molar-refractivity contribution in [3.8, 4) is 33.4 Å². The van der Waals surface area contributed by atoms with Gasteiger partial charge in [-0.2, -0.15) is 0 Å². The van der Waals surface area contributed by atoms with E-state index in [2.05, 4.69) is 154 Å². The Hall–Kier alpha value is -4.62. The summed E-state index contributed by atoms with van der Waals surface area (Å²) in [6.45, 7) is 9.42. The maximum Gasteiger partial charge on any atom is 0.0470 e. The van der Waals surface area contributed by atoms with Crippen molar-refractivity contribution in [2.24, 2.45) is 0 Å². The van der Waals surface area contributed by atoms with Crippen molar-refractivity contribution in [2.75, 3.05) is 5.32 Å². The van der Waals surface area contributed by atoms with Crippen molar-refractivity contribution in [3.63, 3.8) is 0 Å². The van der Waals surface area contributed by atoms with Crippen LogP contribution in [0.5, 0.6) is 0 Å². The molecule has 0 spiro atoms. The first-order chi connectivity index (χ1) is 19.9. The van der Waals surface area contributed by atoms with Gasteiger partial charge in [-0.15, -0.1) is 0 Å². The fraction of sp³-hybridized carbons (Fsp3) is 0.150. The Kier molecular flexibility index (Phi) is 4.98. The van der Waals surface area contributed by atoms with Crippen LogP contribution in [0.2, 0.25) is 0 Å². The van der Waals surface area contributed by atoms with Gasteiger partial charge in [-0.1, -0.05) is 131 Å². The molecule has 0 unspecified atom stereocenters. The fourth-order valence-corrected chi connectivity index (χ4v) is 7.68. The zero-order valence-corrected chi connectivity index (χ0v) is 24.0. The van der Waals surface area contributed by atoms with Crippen molar-refractivity contribution in [2.45, 2.75) is 38.5 Å².